The molecule has 0 amide bonds. The van der Waals surface area contributed by atoms with Crippen LogP contribution in [0.5, 0.6) is 5.75 Å². The number of carbonyl (C=O) groups excluding carboxylic acids is 1. The fraction of sp³-hybridized carbons (Fsp3) is 0.357. The fourth-order valence-electron chi connectivity index (χ4n) is 1.95. The van der Waals surface area contributed by atoms with Crippen LogP contribution < -0.4 is 5.56 Å². The van der Waals surface area contributed by atoms with E-state index < -0.39 is 5.56 Å². The van der Waals surface area contributed by atoms with E-state index in [1.165, 1.54) is 28.9 Å². The minimum atomic E-state index is -0.428. The molecular weight excluding hydrogens is 244 g/mol. The number of fused-ring (bicyclic) bond motifs is 1. The van der Waals surface area contributed by atoms with Crippen LogP contribution in [0.4, 0.5) is 0 Å². The van der Waals surface area contributed by atoms with Crippen molar-refractivity contribution in [2.45, 2.75) is 32.6 Å². The van der Waals surface area contributed by atoms with Crippen LogP contribution in [-0.2, 0) is 0 Å². The first-order valence-corrected chi connectivity index (χ1v) is 6.37. The summed E-state index contributed by atoms with van der Waals surface area (Å²) >= 11 is 0. The van der Waals surface area contributed by atoms with E-state index in [0.717, 1.165) is 19.3 Å². The summed E-state index contributed by atoms with van der Waals surface area (Å²) in [6, 6.07) is 2.99. The molecule has 2 aromatic heterocycles. The molecule has 2 aromatic rings. The number of Topliss-reactive ketones (excluding diaryl/α,β-unsaturated/α-hetero) is 1. The van der Waals surface area contributed by atoms with Gasteiger partial charge in [-0.05, 0) is 18.6 Å². The van der Waals surface area contributed by atoms with Gasteiger partial charge in [-0.25, -0.2) is 4.98 Å². The molecule has 2 heterocycles. The largest absolute Gasteiger partial charge is 0.504 e. The maximum atomic E-state index is 12.1. The first-order chi connectivity index (χ1) is 9.15. The van der Waals surface area contributed by atoms with Crippen molar-refractivity contribution in [3.63, 3.8) is 0 Å². The smallest absolute Gasteiger partial charge is 0.268 e. The normalized spacial score (nSPS) is 10.8. The number of nitrogens with zero attached hydrogens (tertiary/aromatic N) is 2. The van der Waals surface area contributed by atoms with Gasteiger partial charge < -0.3 is 5.11 Å². The lowest BCUT2D eigenvalue weighted by molar-refractivity contribution is 0.0977. The molecule has 0 unspecified atom stereocenters. The highest BCUT2D eigenvalue weighted by Crippen LogP contribution is 2.13. The Labute approximate surface area is 110 Å². The van der Waals surface area contributed by atoms with Gasteiger partial charge in [-0.3, -0.25) is 14.0 Å². The second-order valence-corrected chi connectivity index (χ2v) is 4.44. The molecule has 0 aromatic carbocycles. The Balaban J connectivity index is 2.38. The number of pyridine rings is 1. The Kier molecular flexibility index (Phi) is 3.94. The van der Waals surface area contributed by atoms with Crippen molar-refractivity contribution in [1.29, 1.82) is 0 Å². The molecule has 0 aliphatic carbocycles. The van der Waals surface area contributed by atoms with Crippen LogP contribution in [0.3, 0.4) is 0 Å². The number of aromatic hydroxyl groups is 1. The second kappa shape index (κ2) is 5.65. The van der Waals surface area contributed by atoms with Gasteiger partial charge in [0.15, 0.2) is 17.2 Å². The first-order valence-electron chi connectivity index (χ1n) is 6.37. The minimum absolute atomic E-state index is 0.0791. The standard InChI is InChI=1S/C14H16N2O3/c1-2-3-4-6-11(17)10-9-15-13-12(18)7-5-8-16(13)14(10)19/h5,7-9,18H,2-4,6H2,1H3. The number of unbranched alkanes of at least 4 members (excludes halogenated alkanes) is 2. The molecule has 0 aliphatic heterocycles. The highest BCUT2D eigenvalue weighted by Gasteiger charge is 2.13. The van der Waals surface area contributed by atoms with Gasteiger partial charge in [-0.15, -0.1) is 0 Å². The van der Waals surface area contributed by atoms with Crippen molar-refractivity contribution in [2.75, 3.05) is 0 Å². The van der Waals surface area contributed by atoms with E-state index in [0.29, 0.717) is 6.42 Å². The molecule has 0 atom stereocenters. The average Bonchev–Trinajstić information content (AvgIpc) is 2.40. The lowest BCUT2D eigenvalue weighted by Gasteiger charge is -2.04. The molecule has 2 rings (SSSR count). The Morgan fingerprint density at radius 2 is 2.21 bits per heavy atom. The monoisotopic (exact) mass is 260 g/mol. The van der Waals surface area contributed by atoms with Crippen LogP contribution in [-0.4, -0.2) is 20.3 Å². The molecule has 5 heteroatoms. The summed E-state index contributed by atoms with van der Waals surface area (Å²) < 4.78 is 1.20. The van der Waals surface area contributed by atoms with Crippen molar-refractivity contribution < 1.29 is 9.90 Å². The summed E-state index contributed by atoms with van der Waals surface area (Å²) in [7, 11) is 0. The average molecular weight is 260 g/mol. The molecule has 100 valence electrons. The number of rotatable bonds is 5. The summed E-state index contributed by atoms with van der Waals surface area (Å²) in [6.45, 7) is 2.06. The van der Waals surface area contributed by atoms with Crippen LogP contribution in [0.1, 0.15) is 43.0 Å². The fourth-order valence-corrected chi connectivity index (χ4v) is 1.95. The molecule has 1 N–H and O–H groups in total. The van der Waals surface area contributed by atoms with Gasteiger partial charge in [-0.1, -0.05) is 19.8 Å². The summed E-state index contributed by atoms with van der Waals surface area (Å²) in [6.07, 6.45) is 5.87. The van der Waals surface area contributed by atoms with Crippen LogP contribution in [0.25, 0.3) is 5.65 Å². The maximum absolute atomic E-state index is 12.1. The quantitative estimate of drug-likeness (QED) is 0.660. The van der Waals surface area contributed by atoms with Gasteiger partial charge in [-0.2, -0.15) is 0 Å². The molecule has 0 aliphatic rings. The SMILES string of the molecule is CCCCCC(=O)c1cnc2c(O)cccn2c1=O. The molecule has 0 fully saturated rings. The van der Waals surface area contributed by atoms with E-state index in [4.69, 9.17) is 0 Å². The van der Waals surface area contributed by atoms with E-state index in [1.54, 1.807) is 0 Å². The molecule has 19 heavy (non-hydrogen) atoms. The van der Waals surface area contributed by atoms with Crippen molar-refractivity contribution in [2.24, 2.45) is 0 Å². The zero-order valence-electron chi connectivity index (χ0n) is 10.8. The van der Waals surface area contributed by atoms with Gasteiger partial charge >= 0.3 is 0 Å². The Morgan fingerprint density at radius 3 is 2.95 bits per heavy atom. The van der Waals surface area contributed by atoms with Crippen molar-refractivity contribution >= 4 is 11.4 Å². The number of hydrogen-bond acceptors (Lipinski definition) is 4. The summed E-state index contributed by atoms with van der Waals surface area (Å²) in [5, 5.41) is 9.59. The highest BCUT2D eigenvalue weighted by molar-refractivity contribution is 5.95. The topological polar surface area (TPSA) is 71.7 Å². The lowest BCUT2D eigenvalue weighted by Crippen LogP contribution is -2.22. The number of ketones is 1. The molecule has 0 bridgehead atoms. The zero-order valence-corrected chi connectivity index (χ0v) is 10.8. The lowest BCUT2D eigenvalue weighted by atomic mass is 10.1. The van der Waals surface area contributed by atoms with Crippen molar-refractivity contribution in [1.82, 2.24) is 9.38 Å². The van der Waals surface area contributed by atoms with Gasteiger partial charge in [0, 0.05) is 18.8 Å². The maximum Gasteiger partial charge on any atom is 0.268 e. The van der Waals surface area contributed by atoms with E-state index >= 15 is 0 Å². The molecule has 0 saturated heterocycles. The van der Waals surface area contributed by atoms with E-state index in [2.05, 4.69) is 11.9 Å². The third kappa shape index (κ3) is 2.65. The Morgan fingerprint density at radius 1 is 1.42 bits per heavy atom. The van der Waals surface area contributed by atoms with Crippen LogP contribution in [0, 0.1) is 0 Å². The van der Waals surface area contributed by atoms with Crippen LogP contribution >= 0.6 is 0 Å². The predicted octanol–water partition coefficient (Wildman–Crippen LogP) is 2.16. The number of carbonyl (C=O) groups is 1. The van der Waals surface area contributed by atoms with Gasteiger partial charge in [0.2, 0.25) is 0 Å². The summed E-state index contributed by atoms with van der Waals surface area (Å²) in [5.74, 6) is -0.270. The van der Waals surface area contributed by atoms with Gasteiger partial charge in [0.25, 0.3) is 5.56 Å². The number of aromatic nitrogens is 2. The van der Waals surface area contributed by atoms with E-state index in [1.807, 2.05) is 0 Å². The second-order valence-electron chi connectivity index (χ2n) is 4.44. The highest BCUT2D eigenvalue weighted by atomic mass is 16.3. The third-order valence-corrected chi connectivity index (χ3v) is 3.02. The van der Waals surface area contributed by atoms with Crippen LogP contribution in [0.2, 0.25) is 0 Å². The number of hydrogen-bond donors (Lipinski definition) is 1. The molecular formula is C14H16N2O3. The summed E-state index contributed by atoms with van der Waals surface area (Å²) in [5.41, 5.74) is -0.181. The minimum Gasteiger partial charge on any atom is -0.504 e. The Hall–Kier alpha value is -2.17. The first kappa shape index (κ1) is 13.3. The molecule has 0 saturated carbocycles. The third-order valence-electron chi connectivity index (χ3n) is 3.02. The molecule has 0 spiro atoms. The Bertz CT molecular complexity index is 661. The van der Waals surface area contributed by atoms with E-state index in [9.17, 15) is 14.7 Å². The summed E-state index contributed by atoms with van der Waals surface area (Å²) in [4.78, 5) is 28.1. The molecule has 5 nitrogen and oxygen atoms in total. The van der Waals surface area contributed by atoms with Crippen molar-refractivity contribution in [3.8, 4) is 5.75 Å². The zero-order chi connectivity index (χ0) is 13.8. The van der Waals surface area contributed by atoms with Gasteiger partial charge in [0.05, 0.1) is 0 Å². The molecule has 0 radical (unpaired) electrons. The van der Waals surface area contributed by atoms with Crippen molar-refractivity contribution in [3.05, 3.63) is 40.4 Å². The predicted molar refractivity (Wildman–Crippen MR) is 71.6 cm³/mol. The van der Waals surface area contributed by atoms with Gasteiger partial charge in [0.1, 0.15) is 5.56 Å². The van der Waals surface area contributed by atoms with E-state index in [-0.39, 0.29) is 22.7 Å². The van der Waals surface area contributed by atoms with Crippen LogP contribution in [0.15, 0.2) is 29.3 Å².